The molecule has 0 saturated carbocycles. The SMILES string of the molecule is CCCCCC(CCC)NC(=O)c1ccc(C#N)cc1F. The summed E-state index contributed by atoms with van der Waals surface area (Å²) in [5.74, 6) is -1.04. The fourth-order valence-electron chi connectivity index (χ4n) is 2.31. The van der Waals surface area contributed by atoms with Crippen LogP contribution in [0.5, 0.6) is 0 Å². The predicted octanol–water partition coefficient (Wildman–Crippen LogP) is 4.18. The van der Waals surface area contributed by atoms with Gasteiger partial charge in [0.2, 0.25) is 0 Å². The smallest absolute Gasteiger partial charge is 0.254 e. The van der Waals surface area contributed by atoms with E-state index in [1.807, 2.05) is 6.07 Å². The zero-order valence-corrected chi connectivity index (χ0v) is 12.8. The lowest BCUT2D eigenvalue weighted by atomic mass is 10.0. The first-order valence-electron chi connectivity index (χ1n) is 7.62. The maximum atomic E-state index is 13.8. The number of carbonyl (C=O) groups excluding carboxylic acids is 1. The van der Waals surface area contributed by atoms with Gasteiger partial charge in [-0.25, -0.2) is 4.39 Å². The van der Waals surface area contributed by atoms with Crippen molar-refractivity contribution in [3.63, 3.8) is 0 Å². The van der Waals surface area contributed by atoms with Crippen molar-refractivity contribution in [2.24, 2.45) is 0 Å². The summed E-state index contributed by atoms with van der Waals surface area (Å²) in [7, 11) is 0. The Hall–Kier alpha value is -1.89. The normalized spacial score (nSPS) is 11.7. The molecule has 0 aliphatic heterocycles. The number of unbranched alkanes of at least 4 members (excludes halogenated alkanes) is 2. The van der Waals surface area contributed by atoms with Crippen molar-refractivity contribution in [1.29, 1.82) is 5.26 Å². The standard InChI is InChI=1S/C17H23FN2O/c1-3-5-6-8-14(7-4-2)20-17(21)15-10-9-13(12-19)11-16(15)18/h9-11,14H,3-8H2,1-2H3,(H,20,21). The zero-order chi connectivity index (χ0) is 15.7. The van der Waals surface area contributed by atoms with Gasteiger partial charge < -0.3 is 5.32 Å². The predicted molar refractivity (Wildman–Crippen MR) is 81.4 cm³/mol. The third-order valence-corrected chi connectivity index (χ3v) is 3.47. The minimum absolute atomic E-state index is 0.00518. The molecule has 0 aliphatic carbocycles. The molecule has 0 spiro atoms. The van der Waals surface area contributed by atoms with E-state index in [0.29, 0.717) is 0 Å². The number of nitriles is 1. The molecule has 114 valence electrons. The lowest BCUT2D eigenvalue weighted by molar-refractivity contribution is 0.0928. The van der Waals surface area contributed by atoms with Gasteiger partial charge in [-0.3, -0.25) is 4.79 Å². The highest BCUT2D eigenvalue weighted by Gasteiger charge is 2.16. The molecular weight excluding hydrogens is 267 g/mol. The second-order valence-electron chi connectivity index (χ2n) is 5.26. The summed E-state index contributed by atoms with van der Waals surface area (Å²) in [6.45, 7) is 4.21. The lowest BCUT2D eigenvalue weighted by Crippen LogP contribution is -2.35. The molecule has 1 N–H and O–H groups in total. The number of nitrogens with one attached hydrogen (secondary N) is 1. The average molecular weight is 290 g/mol. The molecule has 1 amide bonds. The van der Waals surface area contributed by atoms with Gasteiger partial charge in [0.15, 0.2) is 0 Å². The number of hydrogen-bond acceptors (Lipinski definition) is 2. The molecule has 0 aromatic heterocycles. The fourth-order valence-corrected chi connectivity index (χ4v) is 2.31. The van der Waals surface area contributed by atoms with Crippen molar-refractivity contribution in [3.8, 4) is 6.07 Å². The molecule has 0 bridgehead atoms. The van der Waals surface area contributed by atoms with Crippen molar-refractivity contribution in [2.45, 2.75) is 58.4 Å². The summed E-state index contributed by atoms with van der Waals surface area (Å²) in [6, 6.07) is 5.88. The van der Waals surface area contributed by atoms with Crippen LogP contribution in [0.15, 0.2) is 18.2 Å². The summed E-state index contributed by atoms with van der Waals surface area (Å²) in [5.41, 5.74) is 0.225. The topological polar surface area (TPSA) is 52.9 Å². The Morgan fingerprint density at radius 3 is 2.62 bits per heavy atom. The first-order valence-corrected chi connectivity index (χ1v) is 7.62. The maximum absolute atomic E-state index is 13.8. The van der Waals surface area contributed by atoms with Crippen LogP contribution in [0.4, 0.5) is 4.39 Å². The summed E-state index contributed by atoms with van der Waals surface area (Å²) >= 11 is 0. The van der Waals surface area contributed by atoms with Gasteiger partial charge in [-0.2, -0.15) is 5.26 Å². The van der Waals surface area contributed by atoms with E-state index in [1.54, 1.807) is 0 Å². The van der Waals surface area contributed by atoms with Crippen LogP contribution in [0.1, 0.15) is 68.3 Å². The van der Waals surface area contributed by atoms with E-state index >= 15 is 0 Å². The Bertz CT molecular complexity index is 508. The summed E-state index contributed by atoms with van der Waals surface area (Å²) < 4.78 is 13.8. The van der Waals surface area contributed by atoms with E-state index in [2.05, 4.69) is 19.2 Å². The first-order chi connectivity index (χ1) is 10.1. The van der Waals surface area contributed by atoms with Gasteiger partial charge in [0.25, 0.3) is 5.91 Å². The first kappa shape index (κ1) is 17.2. The van der Waals surface area contributed by atoms with Gasteiger partial charge in [0.05, 0.1) is 17.2 Å². The molecule has 1 atom stereocenters. The maximum Gasteiger partial charge on any atom is 0.254 e. The second kappa shape index (κ2) is 9.12. The van der Waals surface area contributed by atoms with Gasteiger partial charge in [0.1, 0.15) is 5.82 Å². The molecule has 3 nitrogen and oxygen atoms in total. The van der Waals surface area contributed by atoms with Crippen LogP contribution < -0.4 is 5.32 Å². The summed E-state index contributed by atoms with van der Waals surface area (Å²) in [4.78, 5) is 12.1. The Balaban J connectivity index is 2.70. The monoisotopic (exact) mass is 290 g/mol. The van der Waals surface area contributed by atoms with Crippen molar-refractivity contribution in [3.05, 3.63) is 35.1 Å². The molecule has 0 saturated heterocycles. The summed E-state index contributed by atoms with van der Waals surface area (Å²) in [6.07, 6.45) is 6.14. The van der Waals surface area contributed by atoms with Crippen LogP contribution in [0.3, 0.4) is 0 Å². The van der Waals surface area contributed by atoms with Crippen LogP contribution in [0, 0.1) is 17.1 Å². The minimum atomic E-state index is -0.643. The highest BCUT2D eigenvalue weighted by molar-refractivity contribution is 5.94. The van der Waals surface area contributed by atoms with Crippen LogP contribution in [0.25, 0.3) is 0 Å². The molecule has 21 heavy (non-hydrogen) atoms. The third-order valence-electron chi connectivity index (χ3n) is 3.47. The number of halogens is 1. The van der Waals surface area contributed by atoms with E-state index in [0.717, 1.165) is 44.6 Å². The fraction of sp³-hybridized carbons (Fsp3) is 0.529. The van der Waals surface area contributed by atoms with Gasteiger partial charge >= 0.3 is 0 Å². The molecule has 0 heterocycles. The zero-order valence-electron chi connectivity index (χ0n) is 12.8. The van der Waals surface area contributed by atoms with Gasteiger partial charge in [-0.15, -0.1) is 0 Å². The Labute approximate surface area is 126 Å². The van der Waals surface area contributed by atoms with E-state index in [-0.39, 0.29) is 17.2 Å². The highest BCUT2D eigenvalue weighted by Crippen LogP contribution is 2.13. The lowest BCUT2D eigenvalue weighted by Gasteiger charge is -2.18. The van der Waals surface area contributed by atoms with Gasteiger partial charge in [-0.1, -0.05) is 39.5 Å². The number of amides is 1. The highest BCUT2D eigenvalue weighted by atomic mass is 19.1. The number of benzene rings is 1. The van der Waals surface area contributed by atoms with Crippen LogP contribution in [-0.4, -0.2) is 11.9 Å². The molecule has 1 unspecified atom stereocenters. The summed E-state index contributed by atoms with van der Waals surface area (Å²) in [5, 5.41) is 11.6. The van der Waals surface area contributed by atoms with Gasteiger partial charge in [0, 0.05) is 6.04 Å². The Kier molecular flexibility index (Phi) is 7.45. The number of carbonyl (C=O) groups is 1. The van der Waals surface area contributed by atoms with Crippen LogP contribution in [-0.2, 0) is 0 Å². The largest absolute Gasteiger partial charge is 0.349 e. The number of nitrogens with zero attached hydrogens (tertiary/aromatic N) is 1. The van der Waals surface area contributed by atoms with Crippen LogP contribution >= 0.6 is 0 Å². The molecule has 0 radical (unpaired) electrons. The Morgan fingerprint density at radius 1 is 1.29 bits per heavy atom. The molecule has 1 aromatic carbocycles. The van der Waals surface area contributed by atoms with Crippen molar-refractivity contribution in [2.75, 3.05) is 0 Å². The van der Waals surface area contributed by atoms with Crippen molar-refractivity contribution >= 4 is 5.91 Å². The quantitative estimate of drug-likeness (QED) is 0.730. The van der Waals surface area contributed by atoms with Crippen molar-refractivity contribution in [1.82, 2.24) is 5.32 Å². The van der Waals surface area contributed by atoms with Crippen molar-refractivity contribution < 1.29 is 9.18 Å². The molecule has 1 rings (SSSR count). The molecule has 1 aromatic rings. The van der Waals surface area contributed by atoms with Crippen LogP contribution in [0.2, 0.25) is 0 Å². The van der Waals surface area contributed by atoms with E-state index in [4.69, 9.17) is 5.26 Å². The Morgan fingerprint density at radius 2 is 2.05 bits per heavy atom. The molecule has 0 aliphatic rings. The number of hydrogen-bond donors (Lipinski definition) is 1. The molecule has 4 heteroatoms. The van der Waals surface area contributed by atoms with E-state index < -0.39 is 11.7 Å². The average Bonchev–Trinajstić information content (AvgIpc) is 2.47. The number of rotatable bonds is 8. The third kappa shape index (κ3) is 5.55. The van der Waals surface area contributed by atoms with Gasteiger partial charge in [-0.05, 0) is 31.0 Å². The minimum Gasteiger partial charge on any atom is -0.349 e. The van der Waals surface area contributed by atoms with E-state index in [1.165, 1.54) is 12.1 Å². The molecule has 0 fully saturated rings. The van der Waals surface area contributed by atoms with E-state index in [9.17, 15) is 9.18 Å². The molecular formula is C17H23FN2O. The second-order valence-corrected chi connectivity index (χ2v) is 5.26.